The van der Waals surface area contributed by atoms with Crippen LogP contribution in [0.1, 0.15) is 17.5 Å². The van der Waals surface area contributed by atoms with E-state index in [-0.39, 0.29) is 4.90 Å². The Hall–Kier alpha value is -1.28. The summed E-state index contributed by atoms with van der Waals surface area (Å²) in [5.41, 5.74) is 6.76. The summed E-state index contributed by atoms with van der Waals surface area (Å²) in [6, 6.07) is 3.10. The Morgan fingerprint density at radius 1 is 1.25 bits per heavy atom. The number of halogens is 3. The lowest BCUT2D eigenvalue weighted by molar-refractivity contribution is -0.135. The Balaban J connectivity index is 3.15. The van der Waals surface area contributed by atoms with E-state index in [9.17, 15) is 21.6 Å². The highest BCUT2D eigenvalue weighted by molar-refractivity contribution is 7.89. The molecule has 0 radical (unpaired) electrons. The molecule has 1 rings (SSSR count). The second kappa shape index (κ2) is 5.61. The molecule has 8 heteroatoms. The molecule has 0 aliphatic heterocycles. The first kappa shape index (κ1) is 16.8. The number of nitrogens with zero attached hydrogens (tertiary/aromatic N) is 1. The van der Waals surface area contributed by atoms with Crippen molar-refractivity contribution in [1.82, 2.24) is 4.31 Å². The van der Waals surface area contributed by atoms with Crippen molar-refractivity contribution in [2.24, 2.45) is 0 Å². The second-order valence-corrected chi connectivity index (χ2v) is 6.60. The van der Waals surface area contributed by atoms with Crippen LogP contribution in [0.2, 0.25) is 0 Å². The number of hydrogen-bond acceptors (Lipinski definition) is 3. The molecule has 1 aromatic rings. The van der Waals surface area contributed by atoms with E-state index in [0.29, 0.717) is 21.1 Å². The number of sulfonamides is 1. The summed E-state index contributed by atoms with van der Waals surface area (Å²) in [4.78, 5) is -0.0258. The predicted molar refractivity (Wildman–Crippen MR) is 70.8 cm³/mol. The van der Waals surface area contributed by atoms with Crippen molar-refractivity contribution in [3.8, 4) is 0 Å². The largest absolute Gasteiger partial charge is 0.398 e. The molecule has 0 aliphatic carbocycles. The van der Waals surface area contributed by atoms with Crippen LogP contribution >= 0.6 is 0 Å². The fourth-order valence-electron chi connectivity index (χ4n) is 1.80. The Morgan fingerprint density at radius 2 is 1.80 bits per heavy atom. The van der Waals surface area contributed by atoms with E-state index in [1.807, 2.05) is 0 Å². The minimum Gasteiger partial charge on any atom is -0.398 e. The molecule has 20 heavy (non-hydrogen) atoms. The van der Waals surface area contributed by atoms with Crippen molar-refractivity contribution >= 4 is 15.7 Å². The molecule has 114 valence electrons. The number of aryl methyl sites for hydroxylation is 1. The molecule has 0 unspecified atom stereocenters. The van der Waals surface area contributed by atoms with Gasteiger partial charge < -0.3 is 5.73 Å². The van der Waals surface area contributed by atoms with E-state index in [4.69, 9.17) is 5.73 Å². The summed E-state index contributed by atoms with van der Waals surface area (Å²) in [7, 11) is -2.86. The Morgan fingerprint density at radius 3 is 2.30 bits per heavy atom. The first-order valence-corrected chi connectivity index (χ1v) is 7.29. The lowest BCUT2D eigenvalue weighted by Crippen LogP contribution is -2.31. The van der Waals surface area contributed by atoms with Crippen LogP contribution in [-0.2, 0) is 10.0 Å². The van der Waals surface area contributed by atoms with E-state index in [1.54, 1.807) is 13.0 Å². The highest BCUT2D eigenvalue weighted by atomic mass is 32.2. The topological polar surface area (TPSA) is 63.4 Å². The van der Waals surface area contributed by atoms with Crippen molar-refractivity contribution in [3.05, 3.63) is 23.3 Å². The lowest BCUT2D eigenvalue weighted by atomic mass is 10.1. The van der Waals surface area contributed by atoms with E-state index in [0.717, 1.165) is 7.05 Å². The van der Waals surface area contributed by atoms with E-state index in [1.165, 1.54) is 13.0 Å². The average molecular weight is 310 g/mol. The van der Waals surface area contributed by atoms with Crippen molar-refractivity contribution in [2.45, 2.75) is 31.3 Å². The summed E-state index contributed by atoms with van der Waals surface area (Å²) >= 11 is 0. The third kappa shape index (κ3) is 3.63. The number of alkyl halides is 3. The molecule has 0 aromatic heterocycles. The number of rotatable bonds is 4. The van der Waals surface area contributed by atoms with Crippen LogP contribution in [0, 0.1) is 13.8 Å². The quantitative estimate of drug-likeness (QED) is 0.869. The molecule has 1 aromatic carbocycles. The molecular formula is C12H17F3N2O2S. The smallest absolute Gasteiger partial charge is 0.390 e. The molecule has 2 N–H and O–H groups in total. The number of nitrogens with two attached hydrogens (primary N) is 1. The van der Waals surface area contributed by atoms with E-state index >= 15 is 0 Å². The average Bonchev–Trinajstić information content (AvgIpc) is 2.30. The number of anilines is 1. The normalized spacial score (nSPS) is 12.9. The first-order chi connectivity index (χ1) is 8.97. The van der Waals surface area contributed by atoms with Gasteiger partial charge in [-0.05, 0) is 31.0 Å². The molecule has 0 atom stereocenters. The summed E-state index contributed by atoms with van der Waals surface area (Å²) in [6.07, 6.45) is -5.59. The van der Waals surface area contributed by atoms with Gasteiger partial charge in [0.2, 0.25) is 10.0 Å². The highest BCUT2D eigenvalue weighted by Gasteiger charge is 2.31. The maximum absolute atomic E-state index is 12.3. The highest BCUT2D eigenvalue weighted by Crippen LogP contribution is 2.28. The lowest BCUT2D eigenvalue weighted by Gasteiger charge is -2.21. The van der Waals surface area contributed by atoms with Crippen LogP contribution in [0.5, 0.6) is 0 Å². The fraction of sp³-hybridized carbons (Fsp3) is 0.500. The molecule has 0 bridgehead atoms. The Bertz CT molecular complexity index is 597. The van der Waals surface area contributed by atoms with Gasteiger partial charge in [-0.1, -0.05) is 6.07 Å². The first-order valence-electron chi connectivity index (χ1n) is 5.85. The van der Waals surface area contributed by atoms with Crippen LogP contribution in [0.25, 0.3) is 0 Å². The molecule has 0 saturated carbocycles. The molecule has 0 amide bonds. The Kier molecular flexibility index (Phi) is 4.70. The Labute approximate surface area is 116 Å². The van der Waals surface area contributed by atoms with E-state index in [2.05, 4.69) is 0 Å². The predicted octanol–water partition coefficient (Wildman–Crippen LogP) is 2.46. The zero-order valence-corrected chi connectivity index (χ0v) is 12.3. The van der Waals surface area contributed by atoms with Crippen molar-refractivity contribution in [3.63, 3.8) is 0 Å². The zero-order chi connectivity index (χ0) is 15.7. The number of hydrogen-bond donors (Lipinski definition) is 1. The fourth-order valence-corrected chi connectivity index (χ4v) is 3.42. The van der Waals surface area contributed by atoms with Gasteiger partial charge in [0.15, 0.2) is 0 Å². The number of nitrogen functional groups attached to an aromatic ring is 1. The van der Waals surface area contributed by atoms with Crippen molar-refractivity contribution in [1.29, 1.82) is 0 Å². The van der Waals surface area contributed by atoms with Gasteiger partial charge in [-0.3, -0.25) is 0 Å². The zero-order valence-electron chi connectivity index (χ0n) is 11.5. The molecule has 0 saturated heterocycles. The van der Waals surface area contributed by atoms with Gasteiger partial charge in [0, 0.05) is 19.3 Å². The van der Waals surface area contributed by atoms with E-state index < -0.39 is 29.2 Å². The summed E-state index contributed by atoms with van der Waals surface area (Å²) in [5.74, 6) is 0. The molecule has 0 heterocycles. The minimum atomic E-state index is -4.40. The van der Waals surface area contributed by atoms with Gasteiger partial charge in [0.1, 0.15) is 0 Å². The second-order valence-electron chi connectivity index (χ2n) is 4.62. The van der Waals surface area contributed by atoms with Crippen LogP contribution in [0.15, 0.2) is 17.0 Å². The third-order valence-electron chi connectivity index (χ3n) is 3.02. The standard InChI is InChI=1S/C12H17F3N2O2S/c1-8-4-5-10(16)9(2)11(8)20(18,19)17(3)7-6-12(13,14)15/h4-5H,6-7,16H2,1-3H3. The third-order valence-corrected chi connectivity index (χ3v) is 5.17. The van der Waals surface area contributed by atoms with Gasteiger partial charge in [-0.2, -0.15) is 13.2 Å². The molecule has 0 fully saturated rings. The molecule has 0 spiro atoms. The van der Waals surface area contributed by atoms with Crippen LogP contribution < -0.4 is 5.73 Å². The monoisotopic (exact) mass is 310 g/mol. The molecule has 0 aliphatic rings. The SMILES string of the molecule is Cc1ccc(N)c(C)c1S(=O)(=O)N(C)CCC(F)(F)F. The summed E-state index contributed by atoms with van der Waals surface area (Å²) in [6.45, 7) is 2.49. The summed E-state index contributed by atoms with van der Waals surface area (Å²) in [5, 5.41) is 0. The van der Waals surface area contributed by atoms with Crippen molar-refractivity contribution < 1.29 is 21.6 Å². The van der Waals surface area contributed by atoms with Crippen LogP contribution in [-0.4, -0.2) is 32.5 Å². The van der Waals surface area contributed by atoms with Crippen molar-refractivity contribution in [2.75, 3.05) is 19.3 Å². The summed E-state index contributed by atoms with van der Waals surface area (Å²) < 4.78 is 62.0. The van der Waals surface area contributed by atoms with Gasteiger partial charge >= 0.3 is 6.18 Å². The van der Waals surface area contributed by atoms with Gasteiger partial charge in [0.05, 0.1) is 11.3 Å². The minimum absolute atomic E-state index is 0.0258. The molecule has 4 nitrogen and oxygen atoms in total. The number of benzene rings is 1. The van der Waals surface area contributed by atoms with Crippen LogP contribution in [0.3, 0.4) is 0 Å². The van der Waals surface area contributed by atoms with Gasteiger partial charge in [0.25, 0.3) is 0 Å². The maximum atomic E-state index is 12.3. The van der Waals surface area contributed by atoms with Crippen LogP contribution in [0.4, 0.5) is 18.9 Å². The maximum Gasteiger partial charge on any atom is 0.390 e. The van der Waals surface area contributed by atoms with Gasteiger partial charge in [-0.25, -0.2) is 12.7 Å². The van der Waals surface area contributed by atoms with Gasteiger partial charge in [-0.15, -0.1) is 0 Å². The molecular weight excluding hydrogens is 293 g/mol.